The number of Topliss-reactive ketones (excluding diaryl/α,β-unsaturated/α-hetero) is 1. The molecular formula is C17H27NO3. The molecule has 0 saturated carbocycles. The quantitative estimate of drug-likeness (QED) is 0.656. The maximum Gasteiger partial charge on any atom is 0.177 e. The van der Waals surface area contributed by atoms with Gasteiger partial charge in [0, 0.05) is 32.4 Å². The lowest BCUT2D eigenvalue weighted by Gasteiger charge is -2.27. The zero-order valence-corrected chi connectivity index (χ0v) is 13.8. The molecule has 0 aliphatic heterocycles. The predicted octanol–water partition coefficient (Wildman–Crippen LogP) is 2.47. The van der Waals surface area contributed by atoms with Crippen molar-refractivity contribution in [2.24, 2.45) is 0 Å². The Kier molecular flexibility index (Phi) is 7.57. The van der Waals surface area contributed by atoms with Crippen LogP contribution in [0.5, 0.6) is 0 Å². The second-order valence-electron chi connectivity index (χ2n) is 5.51. The zero-order chi connectivity index (χ0) is 15.8. The standard InChI is InChI=1S/C17H27NO3/c1-13-6-7-16(14(2)10-13)17(19)11-18(8-9-20-4)15(3)12-21-5/h6-7,10,15H,8-9,11-12H2,1-5H3. The molecule has 0 radical (unpaired) electrons. The third-order valence-corrected chi connectivity index (χ3v) is 3.64. The Morgan fingerprint density at radius 2 is 1.95 bits per heavy atom. The van der Waals surface area contributed by atoms with Crippen LogP contribution in [0.3, 0.4) is 0 Å². The van der Waals surface area contributed by atoms with Crippen molar-refractivity contribution in [1.29, 1.82) is 0 Å². The fourth-order valence-electron chi connectivity index (χ4n) is 2.41. The van der Waals surface area contributed by atoms with E-state index < -0.39 is 0 Å². The first-order chi connectivity index (χ1) is 9.99. The van der Waals surface area contributed by atoms with Crippen LogP contribution in [0.1, 0.15) is 28.4 Å². The summed E-state index contributed by atoms with van der Waals surface area (Å²) in [4.78, 5) is 14.6. The molecular weight excluding hydrogens is 266 g/mol. The smallest absolute Gasteiger partial charge is 0.177 e. The molecule has 0 bridgehead atoms. The van der Waals surface area contributed by atoms with Gasteiger partial charge in [0.15, 0.2) is 5.78 Å². The van der Waals surface area contributed by atoms with Gasteiger partial charge in [0.05, 0.1) is 19.8 Å². The Labute approximate surface area is 128 Å². The summed E-state index contributed by atoms with van der Waals surface area (Å²) in [6.45, 7) is 8.40. The van der Waals surface area contributed by atoms with Crippen LogP contribution in [0.4, 0.5) is 0 Å². The SMILES string of the molecule is COCCN(CC(=O)c1ccc(C)cc1C)C(C)COC. The maximum absolute atomic E-state index is 12.5. The first kappa shape index (κ1) is 17.8. The molecule has 0 saturated heterocycles. The number of nitrogens with zero attached hydrogens (tertiary/aromatic N) is 1. The lowest BCUT2D eigenvalue weighted by Crippen LogP contribution is -2.42. The normalized spacial score (nSPS) is 12.7. The molecule has 118 valence electrons. The number of rotatable bonds is 9. The Hall–Kier alpha value is -1.23. The van der Waals surface area contributed by atoms with Crippen molar-refractivity contribution in [3.63, 3.8) is 0 Å². The van der Waals surface area contributed by atoms with Crippen molar-refractivity contribution in [3.05, 3.63) is 34.9 Å². The van der Waals surface area contributed by atoms with Gasteiger partial charge in [-0.05, 0) is 26.3 Å². The van der Waals surface area contributed by atoms with Crippen LogP contribution in [-0.4, -0.2) is 57.2 Å². The highest BCUT2D eigenvalue weighted by Crippen LogP contribution is 2.13. The molecule has 0 aliphatic carbocycles. The highest BCUT2D eigenvalue weighted by molar-refractivity contribution is 5.99. The fraction of sp³-hybridized carbons (Fsp3) is 0.588. The molecule has 1 atom stereocenters. The summed E-state index contributed by atoms with van der Waals surface area (Å²) < 4.78 is 10.3. The molecule has 0 heterocycles. The number of ketones is 1. The topological polar surface area (TPSA) is 38.8 Å². The molecule has 4 heteroatoms. The molecule has 0 spiro atoms. The average Bonchev–Trinajstić information content (AvgIpc) is 2.43. The summed E-state index contributed by atoms with van der Waals surface area (Å²) in [6.07, 6.45) is 0. The van der Waals surface area contributed by atoms with Gasteiger partial charge in [0.1, 0.15) is 0 Å². The third kappa shape index (κ3) is 5.58. The lowest BCUT2D eigenvalue weighted by molar-refractivity contribution is 0.0650. The number of ether oxygens (including phenoxy) is 2. The Bertz CT molecular complexity index is 459. The summed E-state index contributed by atoms with van der Waals surface area (Å²) in [6, 6.07) is 6.13. The first-order valence-electron chi connectivity index (χ1n) is 7.32. The number of hydrogen-bond donors (Lipinski definition) is 0. The third-order valence-electron chi connectivity index (χ3n) is 3.64. The van der Waals surface area contributed by atoms with Crippen LogP contribution >= 0.6 is 0 Å². The highest BCUT2D eigenvalue weighted by atomic mass is 16.5. The molecule has 1 aromatic carbocycles. The number of aryl methyl sites for hydroxylation is 2. The van der Waals surface area contributed by atoms with Gasteiger partial charge in [-0.25, -0.2) is 0 Å². The summed E-state index contributed by atoms with van der Waals surface area (Å²) in [5.41, 5.74) is 3.01. The van der Waals surface area contributed by atoms with E-state index in [2.05, 4.69) is 11.8 Å². The van der Waals surface area contributed by atoms with E-state index in [1.165, 1.54) is 5.56 Å². The van der Waals surface area contributed by atoms with Gasteiger partial charge in [0.25, 0.3) is 0 Å². The Balaban J connectivity index is 2.78. The van der Waals surface area contributed by atoms with Crippen LogP contribution in [0.25, 0.3) is 0 Å². The molecule has 1 unspecified atom stereocenters. The van der Waals surface area contributed by atoms with Gasteiger partial charge in [-0.3, -0.25) is 9.69 Å². The zero-order valence-electron chi connectivity index (χ0n) is 13.8. The number of carbonyl (C=O) groups excluding carboxylic acids is 1. The van der Waals surface area contributed by atoms with Crippen molar-refractivity contribution >= 4 is 5.78 Å². The Morgan fingerprint density at radius 1 is 1.24 bits per heavy atom. The van der Waals surface area contributed by atoms with E-state index in [1.54, 1.807) is 14.2 Å². The van der Waals surface area contributed by atoms with E-state index in [0.29, 0.717) is 19.8 Å². The minimum atomic E-state index is 0.145. The van der Waals surface area contributed by atoms with Crippen LogP contribution in [0.2, 0.25) is 0 Å². The summed E-state index contributed by atoms with van der Waals surface area (Å²) in [7, 11) is 3.35. The van der Waals surface area contributed by atoms with E-state index >= 15 is 0 Å². The molecule has 0 aliphatic rings. The molecule has 4 nitrogen and oxygen atoms in total. The number of benzene rings is 1. The second kappa shape index (κ2) is 8.93. The fourth-order valence-corrected chi connectivity index (χ4v) is 2.41. The van der Waals surface area contributed by atoms with E-state index in [4.69, 9.17) is 9.47 Å². The Morgan fingerprint density at radius 3 is 2.52 bits per heavy atom. The van der Waals surface area contributed by atoms with Gasteiger partial charge in [-0.15, -0.1) is 0 Å². The van der Waals surface area contributed by atoms with Crippen LogP contribution < -0.4 is 0 Å². The second-order valence-corrected chi connectivity index (χ2v) is 5.51. The molecule has 0 amide bonds. The summed E-state index contributed by atoms with van der Waals surface area (Å²) in [5, 5.41) is 0. The van der Waals surface area contributed by atoms with Crippen LogP contribution in [0, 0.1) is 13.8 Å². The molecule has 0 N–H and O–H groups in total. The van der Waals surface area contributed by atoms with Gasteiger partial charge in [0.2, 0.25) is 0 Å². The van der Waals surface area contributed by atoms with Gasteiger partial charge in [-0.1, -0.05) is 23.8 Å². The van der Waals surface area contributed by atoms with E-state index in [1.807, 2.05) is 32.0 Å². The van der Waals surface area contributed by atoms with E-state index in [9.17, 15) is 4.79 Å². The number of methoxy groups -OCH3 is 2. The van der Waals surface area contributed by atoms with Crippen molar-refractivity contribution in [2.45, 2.75) is 26.8 Å². The maximum atomic E-state index is 12.5. The van der Waals surface area contributed by atoms with Crippen molar-refractivity contribution in [1.82, 2.24) is 4.90 Å². The van der Waals surface area contributed by atoms with Gasteiger partial charge in [-0.2, -0.15) is 0 Å². The van der Waals surface area contributed by atoms with E-state index in [0.717, 1.165) is 17.7 Å². The van der Waals surface area contributed by atoms with Gasteiger partial charge >= 0.3 is 0 Å². The molecule has 0 fully saturated rings. The first-order valence-corrected chi connectivity index (χ1v) is 7.32. The monoisotopic (exact) mass is 293 g/mol. The minimum absolute atomic E-state index is 0.145. The van der Waals surface area contributed by atoms with E-state index in [-0.39, 0.29) is 11.8 Å². The predicted molar refractivity (Wildman–Crippen MR) is 85.0 cm³/mol. The van der Waals surface area contributed by atoms with Gasteiger partial charge < -0.3 is 9.47 Å². The number of carbonyl (C=O) groups is 1. The minimum Gasteiger partial charge on any atom is -0.383 e. The average molecular weight is 293 g/mol. The van der Waals surface area contributed by atoms with Crippen molar-refractivity contribution in [3.8, 4) is 0 Å². The number of hydrogen-bond acceptors (Lipinski definition) is 4. The van der Waals surface area contributed by atoms with Crippen LogP contribution in [0.15, 0.2) is 18.2 Å². The lowest BCUT2D eigenvalue weighted by atomic mass is 10.0. The van der Waals surface area contributed by atoms with Crippen LogP contribution in [-0.2, 0) is 9.47 Å². The van der Waals surface area contributed by atoms with Crippen molar-refractivity contribution in [2.75, 3.05) is 40.5 Å². The molecule has 0 aromatic heterocycles. The molecule has 1 aromatic rings. The summed E-state index contributed by atoms with van der Waals surface area (Å²) >= 11 is 0. The van der Waals surface area contributed by atoms with Crippen molar-refractivity contribution < 1.29 is 14.3 Å². The molecule has 21 heavy (non-hydrogen) atoms. The highest BCUT2D eigenvalue weighted by Gasteiger charge is 2.19. The molecule has 1 rings (SSSR count). The largest absolute Gasteiger partial charge is 0.383 e. The summed E-state index contributed by atoms with van der Waals surface area (Å²) in [5.74, 6) is 0.145.